The van der Waals surface area contributed by atoms with Crippen LogP contribution < -0.4 is 0 Å². The Labute approximate surface area is 226 Å². The molecule has 0 aromatic rings. The van der Waals surface area contributed by atoms with Crippen LogP contribution in [-0.2, 0) is 4.79 Å². The third-order valence-electron chi connectivity index (χ3n) is 7.15. The van der Waals surface area contributed by atoms with E-state index in [0.717, 1.165) is 58.4 Å². The summed E-state index contributed by atoms with van der Waals surface area (Å²) in [5, 5.41) is 0. The number of rotatable bonds is 24. The SMILES string of the molecule is CCCCCCCCCCCCC#CC#CCCCCCCCCC(=O)N(CC)CCN(CC)CC. The van der Waals surface area contributed by atoms with Gasteiger partial charge in [0.15, 0.2) is 0 Å². The van der Waals surface area contributed by atoms with E-state index >= 15 is 0 Å². The summed E-state index contributed by atoms with van der Waals surface area (Å²) in [5.41, 5.74) is 0. The molecule has 0 aromatic heterocycles. The van der Waals surface area contributed by atoms with Gasteiger partial charge in [-0.2, -0.15) is 0 Å². The van der Waals surface area contributed by atoms with Crippen LogP contribution in [0.5, 0.6) is 0 Å². The van der Waals surface area contributed by atoms with E-state index < -0.39 is 0 Å². The Morgan fingerprint density at radius 1 is 0.528 bits per heavy atom. The molecule has 0 N–H and O–H groups in total. The smallest absolute Gasteiger partial charge is 0.222 e. The van der Waals surface area contributed by atoms with Crippen molar-refractivity contribution < 1.29 is 4.79 Å². The molecule has 1 amide bonds. The second-order valence-electron chi connectivity index (χ2n) is 10.2. The molecule has 0 spiro atoms. The molecule has 0 atom stereocenters. The largest absolute Gasteiger partial charge is 0.342 e. The molecule has 0 heterocycles. The van der Waals surface area contributed by atoms with Crippen LogP contribution in [0, 0.1) is 23.7 Å². The van der Waals surface area contributed by atoms with Gasteiger partial charge in [0, 0.05) is 38.9 Å². The van der Waals surface area contributed by atoms with E-state index in [0.29, 0.717) is 12.3 Å². The van der Waals surface area contributed by atoms with Crippen LogP contribution in [-0.4, -0.2) is 48.4 Å². The lowest BCUT2D eigenvalue weighted by atomic mass is 10.1. The fourth-order valence-electron chi connectivity index (χ4n) is 4.53. The fourth-order valence-corrected chi connectivity index (χ4v) is 4.53. The van der Waals surface area contributed by atoms with E-state index in [2.05, 4.69) is 56.3 Å². The summed E-state index contributed by atoms with van der Waals surface area (Å²) in [6.07, 6.45) is 23.5. The van der Waals surface area contributed by atoms with E-state index in [-0.39, 0.29) is 0 Å². The Hall–Kier alpha value is -1.45. The standard InChI is InChI=1S/C33H60N2O/c1-5-9-10-11-12-13-14-15-16-17-18-19-20-21-22-23-24-25-26-27-28-29-30-33(36)35(8-4)32-31-34(6-2)7-3/h5-18,23-32H2,1-4H3. The summed E-state index contributed by atoms with van der Waals surface area (Å²) in [7, 11) is 0. The van der Waals surface area contributed by atoms with E-state index in [4.69, 9.17) is 0 Å². The Morgan fingerprint density at radius 2 is 0.972 bits per heavy atom. The van der Waals surface area contributed by atoms with E-state index in [1.807, 2.05) is 4.90 Å². The molecule has 208 valence electrons. The first-order valence-corrected chi connectivity index (χ1v) is 15.6. The number of likely N-dealkylation sites (N-methyl/N-ethyl adjacent to an activating group) is 2. The second kappa shape index (κ2) is 28.1. The molecule has 0 aliphatic rings. The van der Waals surface area contributed by atoms with E-state index in [1.165, 1.54) is 89.9 Å². The number of carbonyl (C=O) groups is 1. The van der Waals surface area contributed by atoms with Crippen LogP contribution >= 0.6 is 0 Å². The van der Waals surface area contributed by atoms with Gasteiger partial charge in [0.25, 0.3) is 0 Å². The molecule has 0 aliphatic carbocycles. The molecule has 0 bridgehead atoms. The third-order valence-corrected chi connectivity index (χ3v) is 7.15. The summed E-state index contributed by atoms with van der Waals surface area (Å²) in [6.45, 7) is 13.5. The second-order valence-corrected chi connectivity index (χ2v) is 10.2. The number of hydrogen-bond donors (Lipinski definition) is 0. The molecule has 3 nitrogen and oxygen atoms in total. The van der Waals surface area contributed by atoms with Crippen molar-refractivity contribution in [1.29, 1.82) is 0 Å². The van der Waals surface area contributed by atoms with Crippen LogP contribution in [0.25, 0.3) is 0 Å². The normalized spacial score (nSPS) is 10.6. The topological polar surface area (TPSA) is 23.6 Å². The predicted octanol–water partition coefficient (Wildman–Crippen LogP) is 8.62. The van der Waals surface area contributed by atoms with E-state index in [1.54, 1.807) is 0 Å². The molecule has 0 rings (SSSR count). The van der Waals surface area contributed by atoms with Gasteiger partial charge in [0.1, 0.15) is 0 Å². The fraction of sp³-hybridized carbons (Fsp3) is 0.848. The van der Waals surface area contributed by atoms with Crippen molar-refractivity contribution in [2.75, 3.05) is 32.7 Å². The Bertz CT molecular complexity index is 603. The van der Waals surface area contributed by atoms with Crippen molar-refractivity contribution in [2.24, 2.45) is 0 Å². The number of unbranched alkanes of at least 4 members (excludes halogenated alkanes) is 16. The quantitative estimate of drug-likeness (QED) is 0.0978. The van der Waals surface area contributed by atoms with Crippen molar-refractivity contribution >= 4 is 5.91 Å². The number of nitrogens with zero attached hydrogens (tertiary/aromatic N) is 2. The van der Waals surface area contributed by atoms with Gasteiger partial charge < -0.3 is 9.80 Å². The van der Waals surface area contributed by atoms with Crippen molar-refractivity contribution in [2.45, 2.75) is 150 Å². The maximum Gasteiger partial charge on any atom is 0.222 e. The lowest BCUT2D eigenvalue weighted by Gasteiger charge is -2.25. The average molecular weight is 501 g/mol. The van der Waals surface area contributed by atoms with Crippen molar-refractivity contribution in [1.82, 2.24) is 9.80 Å². The lowest BCUT2D eigenvalue weighted by Crippen LogP contribution is -2.38. The Balaban J connectivity index is 3.53. The molecule has 0 unspecified atom stereocenters. The van der Waals surface area contributed by atoms with Gasteiger partial charge in [-0.25, -0.2) is 0 Å². The molecular formula is C33H60N2O. The third kappa shape index (κ3) is 23.0. The molecule has 0 aromatic carbocycles. The van der Waals surface area contributed by atoms with Gasteiger partial charge in [-0.05, 0) is 51.1 Å². The van der Waals surface area contributed by atoms with Crippen molar-refractivity contribution in [3.05, 3.63) is 0 Å². The van der Waals surface area contributed by atoms with Gasteiger partial charge in [-0.1, -0.05) is 116 Å². The Kier molecular flexibility index (Phi) is 27.0. The minimum Gasteiger partial charge on any atom is -0.342 e. The van der Waals surface area contributed by atoms with Crippen LogP contribution in [0.4, 0.5) is 0 Å². The molecular weight excluding hydrogens is 440 g/mol. The zero-order valence-corrected chi connectivity index (χ0v) is 24.8. The minimum absolute atomic E-state index is 0.328. The Morgan fingerprint density at radius 3 is 1.42 bits per heavy atom. The highest BCUT2D eigenvalue weighted by Gasteiger charge is 2.12. The highest BCUT2D eigenvalue weighted by molar-refractivity contribution is 5.76. The number of hydrogen-bond acceptors (Lipinski definition) is 2. The van der Waals surface area contributed by atoms with Crippen molar-refractivity contribution in [3.8, 4) is 23.7 Å². The molecule has 0 aliphatic heterocycles. The van der Waals surface area contributed by atoms with Gasteiger partial charge in [0.2, 0.25) is 5.91 Å². The molecule has 0 saturated heterocycles. The number of carbonyl (C=O) groups excluding carboxylic acids is 1. The summed E-state index contributed by atoms with van der Waals surface area (Å²) < 4.78 is 0. The van der Waals surface area contributed by atoms with Crippen LogP contribution in [0.2, 0.25) is 0 Å². The van der Waals surface area contributed by atoms with Gasteiger partial charge in [0.05, 0.1) is 0 Å². The van der Waals surface area contributed by atoms with Gasteiger partial charge in [-0.3, -0.25) is 4.79 Å². The minimum atomic E-state index is 0.328. The highest BCUT2D eigenvalue weighted by atomic mass is 16.2. The first-order chi connectivity index (χ1) is 17.7. The molecule has 36 heavy (non-hydrogen) atoms. The van der Waals surface area contributed by atoms with Crippen LogP contribution in [0.15, 0.2) is 0 Å². The highest BCUT2D eigenvalue weighted by Crippen LogP contribution is 2.11. The predicted molar refractivity (Wildman–Crippen MR) is 159 cm³/mol. The average Bonchev–Trinajstić information content (AvgIpc) is 2.89. The molecule has 0 fully saturated rings. The maximum atomic E-state index is 12.5. The zero-order chi connectivity index (χ0) is 26.5. The first kappa shape index (κ1) is 34.6. The number of amides is 1. The first-order valence-electron chi connectivity index (χ1n) is 15.6. The van der Waals surface area contributed by atoms with E-state index in [9.17, 15) is 4.79 Å². The van der Waals surface area contributed by atoms with Gasteiger partial charge in [-0.15, -0.1) is 0 Å². The summed E-state index contributed by atoms with van der Waals surface area (Å²) in [5.74, 6) is 12.8. The summed E-state index contributed by atoms with van der Waals surface area (Å²) >= 11 is 0. The zero-order valence-electron chi connectivity index (χ0n) is 24.8. The van der Waals surface area contributed by atoms with Crippen LogP contribution in [0.1, 0.15) is 150 Å². The molecule has 0 radical (unpaired) electrons. The maximum absolute atomic E-state index is 12.5. The van der Waals surface area contributed by atoms with Gasteiger partial charge >= 0.3 is 0 Å². The van der Waals surface area contributed by atoms with Crippen LogP contribution in [0.3, 0.4) is 0 Å². The lowest BCUT2D eigenvalue weighted by molar-refractivity contribution is -0.131. The molecule has 3 heteroatoms. The monoisotopic (exact) mass is 500 g/mol. The molecule has 0 saturated carbocycles. The summed E-state index contributed by atoms with van der Waals surface area (Å²) in [4.78, 5) is 16.9. The van der Waals surface area contributed by atoms with Crippen molar-refractivity contribution in [3.63, 3.8) is 0 Å². The summed E-state index contributed by atoms with van der Waals surface area (Å²) in [6, 6.07) is 0.